The summed E-state index contributed by atoms with van der Waals surface area (Å²) in [6, 6.07) is 7.68. The van der Waals surface area contributed by atoms with Gasteiger partial charge in [-0.1, -0.05) is 30.3 Å². The number of carbonyl (C=O) groups is 2. The first-order valence-electron chi connectivity index (χ1n) is 7.75. The molecule has 0 heterocycles. The zero-order chi connectivity index (χ0) is 19.7. The maximum Gasteiger partial charge on any atom is 0.511 e. The van der Waals surface area contributed by atoms with Crippen molar-refractivity contribution in [1.29, 1.82) is 0 Å². The van der Waals surface area contributed by atoms with Gasteiger partial charge in [-0.15, -0.1) is 5.01 Å². The number of carboxylic acids is 1. The van der Waals surface area contributed by atoms with E-state index in [9.17, 15) is 19.9 Å². The minimum Gasteiger partial charge on any atom is -0.569 e. The van der Waals surface area contributed by atoms with Crippen molar-refractivity contribution >= 4 is 12.1 Å². The Bertz CT molecular complexity index is 628. The van der Waals surface area contributed by atoms with Gasteiger partial charge in [0.25, 0.3) is 6.79 Å². The number of likely N-dealkylation sites (N-methyl/N-ethyl adjacent to an activating group) is 1. The molecule has 0 spiro atoms. The van der Waals surface area contributed by atoms with Crippen molar-refractivity contribution in [2.24, 2.45) is 5.28 Å². The topological polar surface area (TPSA) is 124 Å². The minimum absolute atomic E-state index is 0.0276. The summed E-state index contributed by atoms with van der Waals surface area (Å²) in [6.07, 6.45) is -0.888. The summed E-state index contributed by atoms with van der Waals surface area (Å²) in [4.78, 5) is 27.3. The van der Waals surface area contributed by atoms with Crippen molar-refractivity contribution < 1.29 is 34.0 Å². The lowest BCUT2D eigenvalue weighted by Crippen LogP contribution is -2.44. The van der Waals surface area contributed by atoms with Gasteiger partial charge in [-0.3, -0.25) is 0 Å². The Morgan fingerprint density at radius 3 is 2.46 bits per heavy atom. The molecule has 144 valence electrons. The Hall–Kier alpha value is -3.04. The first-order chi connectivity index (χ1) is 12.1. The highest BCUT2D eigenvalue weighted by Crippen LogP contribution is 2.10. The van der Waals surface area contributed by atoms with Gasteiger partial charge < -0.3 is 24.6 Å². The molecule has 1 aromatic carbocycles. The summed E-state index contributed by atoms with van der Waals surface area (Å²) in [5.74, 6) is -1.20. The molecular formula is C16H23N3O7. The fraction of sp³-hybridized carbons (Fsp3) is 0.500. The van der Waals surface area contributed by atoms with E-state index in [0.717, 1.165) is 10.6 Å². The molecule has 0 aliphatic heterocycles. The van der Waals surface area contributed by atoms with Crippen LogP contribution >= 0.6 is 0 Å². The predicted octanol–water partition coefficient (Wildman–Crippen LogP) is 2.33. The van der Waals surface area contributed by atoms with Crippen molar-refractivity contribution in [3.8, 4) is 0 Å². The van der Waals surface area contributed by atoms with E-state index in [0.29, 0.717) is 0 Å². The minimum atomic E-state index is -1.20. The van der Waals surface area contributed by atoms with Crippen LogP contribution in [0.1, 0.15) is 26.3 Å². The van der Waals surface area contributed by atoms with E-state index in [2.05, 4.69) is 14.9 Å². The molecule has 0 fully saturated rings. The first-order valence-corrected chi connectivity index (χ1v) is 7.75. The fourth-order valence-corrected chi connectivity index (χ4v) is 1.82. The quantitative estimate of drug-likeness (QED) is 0.185. The number of hydrogen-bond donors (Lipinski definition) is 1. The van der Waals surface area contributed by atoms with Crippen molar-refractivity contribution in [2.75, 3.05) is 13.8 Å². The number of nitrogens with zero attached hydrogens (tertiary/aromatic N) is 3. The summed E-state index contributed by atoms with van der Waals surface area (Å²) >= 11 is 0. The molecule has 0 radical (unpaired) electrons. The highest BCUT2D eigenvalue weighted by molar-refractivity contribution is 5.73. The van der Waals surface area contributed by atoms with E-state index in [1.54, 1.807) is 51.1 Å². The van der Waals surface area contributed by atoms with Crippen LogP contribution < -0.4 is 0 Å². The first kappa shape index (κ1) is 21.0. The van der Waals surface area contributed by atoms with Crippen LogP contribution in [0, 0.1) is 5.21 Å². The fourth-order valence-electron chi connectivity index (χ4n) is 1.82. The summed E-state index contributed by atoms with van der Waals surface area (Å²) in [5.41, 5.74) is 0.0138. The second-order valence-corrected chi connectivity index (χ2v) is 6.31. The van der Waals surface area contributed by atoms with Crippen LogP contribution in [-0.4, -0.2) is 52.7 Å². The van der Waals surface area contributed by atoms with Crippen molar-refractivity contribution in [1.82, 2.24) is 5.01 Å². The third-order valence-corrected chi connectivity index (χ3v) is 3.02. The molecule has 26 heavy (non-hydrogen) atoms. The molecule has 0 saturated carbocycles. The Labute approximate surface area is 151 Å². The number of ether oxygens (including phenoxy) is 2. The van der Waals surface area contributed by atoms with Crippen LogP contribution in [0.25, 0.3) is 0 Å². The van der Waals surface area contributed by atoms with Gasteiger partial charge in [0.15, 0.2) is 6.04 Å². The standard InChI is InChI=1S/C16H23N3O7/c1-16(2,3)26-15(22)24-11-25-17-19(23)18(4)13(14(20)21)10-12-8-6-5-7-9-12/h5-9,13H,10-11H2,1-4H3,(H,20,21)/t13-/m0/s1. The molecule has 10 heteroatoms. The average molecular weight is 369 g/mol. The SMILES string of the molecule is CN([C@@H](Cc1ccccc1)C(=O)O)[N+]([O-])=NOCOC(=O)OC(C)(C)C. The second kappa shape index (κ2) is 9.44. The smallest absolute Gasteiger partial charge is 0.511 e. The number of carboxylic acid groups (broad SMARTS) is 1. The molecule has 1 atom stereocenters. The third kappa shape index (κ3) is 7.69. The number of hydrogen-bond acceptors (Lipinski definition) is 7. The third-order valence-electron chi connectivity index (χ3n) is 3.02. The van der Waals surface area contributed by atoms with Crippen molar-refractivity contribution in [3.63, 3.8) is 0 Å². The van der Waals surface area contributed by atoms with Crippen molar-refractivity contribution in [3.05, 3.63) is 41.1 Å². The molecular weight excluding hydrogens is 346 g/mol. The van der Waals surface area contributed by atoms with Gasteiger partial charge in [0, 0.05) is 6.42 Å². The maximum absolute atomic E-state index is 11.9. The molecule has 10 nitrogen and oxygen atoms in total. The lowest BCUT2D eigenvalue weighted by atomic mass is 10.1. The molecule has 1 aromatic rings. The number of rotatable bonds is 8. The van der Waals surface area contributed by atoms with Gasteiger partial charge >= 0.3 is 12.1 Å². The van der Waals surface area contributed by atoms with Gasteiger partial charge in [-0.25, -0.2) is 9.59 Å². The van der Waals surface area contributed by atoms with Crippen molar-refractivity contribution in [2.45, 2.75) is 38.8 Å². The Balaban J connectivity index is 2.57. The monoisotopic (exact) mass is 369 g/mol. The van der Waals surface area contributed by atoms with Crippen LogP contribution in [0.15, 0.2) is 35.6 Å². The molecule has 0 aromatic heterocycles. The zero-order valence-electron chi connectivity index (χ0n) is 15.1. The summed E-state index contributed by atoms with van der Waals surface area (Å²) < 4.78 is 9.44. The van der Waals surface area contributed by atoms with Crippen LogP contribution in [0.4, 0.5) is 4.79 Å². The molecule has 0 aliphatic carbocycles. The molecule has 0 unspecified atom stereocenters. The molecule has 0 saturated heterocycles. The van der Waals surface area contributed by atoms with E-state index < -0.39 is 30.6 Å². The number of aliphatic carboxylic acids is 1. The predicted molar refractivity (Wildman–Crippen MR) is 88.7 cm³/mol. The van der Waals surface area contributed by atoms with E-state index in [1.165, 1.54) is 7.05 Å². The van der Waals surface area contributed by atoms with Crippen LogP contribution in [-0.2, 0) is 25.5 Å². The van der Waals surface area contributed by atoms with E-state index in [1.807, 2.05) is 0 Å². The number of benzene rings is 1. The van der Waals surface area contributed by atoms with E-state index >= 15 is 0 Å². The summed E-state index contributed by atoms with van der Waals surface area (Å²) in [5, 5.41) is 25.2. The molecule has 0 amide bonds. The highest BCUT2D eigenvalue weighted by Gasteiger charge is 2.29. The van der Waals surface area contributed by atoms with Gasteiger partial charge in [-0.2, -0.15) is 0 Å². The van der Waals surface area contributed by atoms with Gasteiger partial charge in [0.1, 0.15) is 5.60 Å². The van der Waals surface area contributed by atoms with Gasteiger partial charge in [-0.05, 0) is 26.3 Å². The highest BCUT2D eigenvalue weighted by atomic mass is 16.8. The van der Waals surface area contributed by atoms with Crippen LogP contribution in [0.5, 0.6) is 0 Å². The van der Waals surface area contributed by atoms with E-state index in [4.69, 9.17) is 4.74 Å². The Morgan fingerprint density at radius 1 is 1.31 bits per heavy atom. The largest absolute Gasteiger partial charge is 0.569 e. The Morgan fingerprint density at radius 2 is 1.92 bits per heavy atom. The normalized spacial score (nSPS) is 12.8. The van der Waals surface area contributed by atoms with Crippen LogP contribution in [0.2, 0.25) is 0 Å². The van der Waals surface area contributed by atoms with Gasteiger partial charge in [0.05, 0.1) is 12.0 Å². The summed E-state index contributed by atoms with van der Waals surface area (Å²) in [6.45, 7) is 4.32. The zero-order valence-corrected chi connectivity index (χ0v) is 15.1. The Kier molecular flexibility index (Phi) is 7.63. The lowest BCUT2D eigenvalue weighted by Gasteiger charge is -2.20. The van der Waals surface area contributed by atoms with E-state index in [-0.39, 0.29) is 11.4 Å². The number of hydrazine groups is 1. The molecule has 0 aliphatic rings. The average Bonchev–Trinajstić information content (AvgIpc) is 2.55. The van der Waals surface area contributed by atoms with Gasteiger partial charge in [0.2, 0.25) is 5.28 Å². The molecule has 0 bridgehead atoms. The second-order valence-electron chi connectivity index (χ2n) is 6.31. The molecule has 1 N–H and O–H groups in total. The number of carbonyl (C=O) groups excluding carboxylic acids is 1. The lowest BCUT2D eigenvalue weighted by molar-refractivity contribution is -0.711. The summed E-state index contributed by atoms with van der Waals surface area (Å²) in [7, 11) is 1.26. The maximum atomic E-state index is 11.9. The molecule has 1 rings (SSSR count). The van der Waals surface area contributed by atoms with Crippen LogP contribution in [0.3, 0.4) is 0 Å².